The molecule has 0 fully saturated rings. The van der Waals surface area contributed by atoms with Crippen LogP contribution in [0.15, 0.2) is 5.18 Å². The molecular formula is C10H18N2O4. The fourth-order valence-corrected chi connectivity index (χ4v) is 1.09. The third-order valence-electron chi connectivity index (χ3n) is 1.91. The van der Waals surface area contributed by atoms with Crippen LogP contribution in [0.3, 0.4) is 0 Å². The van der Waals surface area contributed by atoms with Crippen molar-refractivity contribution < 1.29 is 14.3 Å². The zero-order chi connectivity index (χ0) is 12.2. The van der Waals surface area contributed by atoms with Crippen LogP contribution in [0.2, 0.25) is 0 Å². The molecular weight excluding hydrogens is 212 g/mol. The number of nitroso groups, excluding NO2 is 1. The van der Waals surface area contributed by atoms with E-state index in [-0.39, 0.29) is 12.5 Å². The van der Waals surface area contributed by atoms with Gasteiger partial charge in [0.25, 0.3) is 0 Å². The highest BCUT2D eigenvalue weighted by atomic mass is 16.5. The highest BCUT2D eigenvalue weighted by Crippen LogP contribution is 1.96. The number of ether oxygens (including phenoxy) is 1. The second-order valence-corrected chi connectivity index (χ2v) is 3.39. The predicted molar refractivity (Wildman–Crippen MR) is 58.8 cm³/mol. The van der Waals surface area contributed by atoms with Gasteiger partial charge in [-0.05, 0) is 6.42 Å². The molecule has 0 rings (SSSR count). The van der Waals surface area contributed by atoms with Gasteiger partial charge < -0.3 is 10.1 Å². The summed E-state index contributed by atoms with van der Waals surface area (Å²) in [6.45, 7) is 2.08. The molecule has 0 aliphatic heterocycles. The summed E-state index contributed by atoms with van der Waals surface area (Å²) in [6.07, 6.45) is 4.34. The molecule has 1 N–H and O–H groups in total. The molecule has 0 aromatic carbocycles. The lowest BCUT2D eigenvalue weighted by molar-refractivity contribution is -0.129. The molecule has 6 nitrogen and oxygen atoms in total. The van der Waals surface area contributed by atoms with Crippen molar-refractivity contribution in [3.05, 3.63) is 4.91 Å². The van der Waals surface area contributed by atoms with Crippen LogP contribution in [-0.4, -0.2) is 31.6 Å². The highest BCUT2D eigenvalue weighted by Gasteiger charge is 2.04. The maximum Gasteiger partial charge on any atom is 0.311 e. The average Bonchev–Trinajstić information content (AvgIpc) is 2.28. The molecule has 0 aliphatic carbocycles. The van der Waals surface area contributed by atoms with E-state index in [0.717, 1.165) is 25.7 Å². The summed E-state index contributed by atoms with van der Waals surface area (Å²) < 4.78 is 4.67. The lowest BCUT2D eigenvalue weighted by atomic mass is 10.2. The van der Waals surface area contributed by atoms with Crippen LogP contribution in [0.25, 0.3) is 0 Å². The van der Waals surface area contributed by atoms with Gasteiger partial charge in [-0.25, -0.2) is 0 Å². The van der Waals surface area contributed by atoms with Gasteiger partial charge in [0.1, 0.15) is 13.2 Å². The zero-order valence-electron chi connectivity index (χ0n) is 9.53. The summed E-state index contributed by atoms with van der Waals surface area (Å²) in [7, 11) is 0. The van der Waals surface area contributed by atoms with Crippen LogP contribution < -0.4 is 5.32 Å². The number of carbonyl (C=O) groups excluding carboxylic acids is 2. The lowest BCUT2D eigenvalue weighted by Crippen LogP contribution is -2.29. The molecule has 0 unspecified atom stereocenters. The number of nitrogens with zero attached hydrogens (tertiary/aromatic N) is 1. The molecule has 0 aromatic rings. The number of amides is 2. The molecule has 0 bridgehead atoms. The fraction of sp³-hybridized carbons (Fsp3) is 0.800. The molecule has 0 heterocycles. The average molecular weight is 230 g/mol. The summed E-state index contributed by atoms with van der Waals surface area (Å²) in [5.74, 6) is -1.19. The third-order valence-corrected chi connectivity index (χ3v) is 1.91. The van der Waals surface area contributed by atoms with E-state index in [4.69, 9.17) is 0 Å². The quantitative estimate of drug-likeness (QED) is 0.473. The van der Waals surface area contributed by atoms with Crippen LogP contribution in [0, 0.1) is 4.91 Å². The van der Waals surface area contributed by atoms with Gasteiger partial charge in [0, 0.05) is 11.7 Å². The normalized spacial score (nSPS) is 9.81. The van der Waals surface area contributed by atoms with Crippen LogP contribution in [-0.2, 0) is 14.3 Å². The topological polar surface area (TPSA) is 84.8 Å². The largest absolute Gasteiger partial charge is 0.362 e. The van der Waals surface area contributed by atoms with Gasteiger partial charge in [-0.1, -0.05) is 26.2 Å². The van der Waals surface area contributed by atoms with Gasteiger partial charge in [-0.2, -0.15) is 0 Å². The summed E-state index contributed by atoms with van der Waals surface area (Å²) in [5.41, 5.74) is 0. The molecule has 2 amide bonds. The Morgan fingerprint density at radius 3 is 2.56 bits per heavy atom. The van der Waals surface area contributed by atoms with Crippen LogP contribution in [0.5, 0.6) is 0 Å². The Labute approximate surface area is 94.7 Å². The minimum Gasteiger partial charge on any atom is -0.362 e. The van der Waals surface area contributed by atoms with Crippen molar-refractivity contribution in [1.82, 2.24) is 5.32 Å². The highest BCUT2D eigenvalue weighted by molar-refractivity contribution is 5.79. The number of rotatable bonds is 9. The Kier molecular flexibility index (Phi) is 9.39. The Hall–Kier alpha value is -1.30. The van der Waals surface area contributed by atoms with Crippen molar-refractivity contribution >= 4 is 11.8 Å². The van der Waals surface area contributed by atoms with Crippen molar-refractivity contribution in [3.63, 3.8) is 0 Å². The van der Waals surface area contributed by atoms with Crippen molar-refractivity contribution in [2.24, 2.45) is 5.18 Å². The monoisotopic (exact) mass is 230 g/mol. The molecule has 0 aliphatic rings. The van der Waals surface area contributed by atoms with E-state index in [1.54, 1.807) is 0 Å². The van der Waals surface area contributed by atoms with Crippen molar-refractivity contribution in [1.29, 1.82) is 0 Å². The number of hydrogen-bond acceptors (Lipinski definition) is 4. The number of nitrogens with one attached hydrogen (secondary N) is 1. The number of unbranched alkanes of at least 4 members (excludes halogenated alkanes) is 3. The Morgan fingerprint density at radius 2 is 1.94 bits per heavy atom. The van der Waals surface area contributed by atoms with Gasteiger partial charge in [0.15, 0.2) is 0 Å². The Morgan fingerprint density at radius 1 is 1.19 bits per heavy atom. The first-order chi connectivity index (χ1) is 7.70. The molecule has 92 valence electrons. The maximum absolute atomic E-state index is 11.1. The van der Waals surface area contributed by atoms with E-state index in [2.05, 4.69) is 22.2 Å². The van der Waals surface area contributed by atoms with Gasteiger partial charge in [-0.3, -0.25) is 9.59 Å². The second-order valence-electron chi connectivity index (χ2n) is 3.39. The van der Waals surface area contributed by atoms with Gasteiger partial charge in [0.2, 0.25) is 5.91 Å². The smallest absolute Gasteiger partial charge is 0.311 e. The molecule has 16 heavy (non-hydrogen) atoms. The van der Waals surface area contributed by atoms with Crippen LogP contribution in [0.1, 0.15) is 32.6 Å². The number of hydrogen-bond donors (Lipinski definition) is 1. The maximum atomic E-state index is 11.1. The Bertz CT molecular complexity index is 231. The van der Waals surface area contributed by atoms with Crippen LogP contribution in [0.4, 0.5) is 0 Å². The fourth-order valence-electron chi connectivity index (χ4n) is 1.09. The van der Waals surface area contributed by atoms with Crippen LogP contribution >= 0.6 is 0 Å². The first-order valence-electron chi connectivity index (χ1n) is 5.41. The van der Waals surface area contributed by atoms with Gasteiger partial charge >= 0.3 is 5.91 Å². The first kappa shape index (κ1) is 14.7. The van der Waals surface area contributed by atoms with E-state index in [9.17, 15) is 14.5 Å². The van der Waals surface area contributed by atoms with E-state index in [1.165, 1.54) is 0 Å². The first-order valence-corrected chi connectivity index (χ1v) is 5.41. The summed E-state index contributed by atoms with van der Waals surface area (Å²) >= 11 is 0. The molecule has 0 radical (unpaired) electrons. The molecule has 0 aromatic heterocycles. The van der Waals surface area contributed by atoms with Gasteiger partial charge in [-0.15, -0.1) is 4.91 Å². The third kappa shape index (κ3) is 9.26. The van der Waals surface area contributed by atoms with Crippen molar-refractivity contribution in [2.45, 2.75) is 32.6 Å². The zero-order valence-corrected chi connectivity index (χ0v) is 9.53. The molecule has 0 atom stereocenters. The molecule has 0 saturated carbocycles. The number of carbonyl (C=O) groups is 2. The Balaban J connectivity index is 3.31. The standard InChI is InChI=1S/C10H18N2O4/c1-2-3-4-5-6-11-9(13)7-16-8-10(14)12-15/h2-8H2,1H3,(H,11,13). The van der Waals surface area contributed by atoms with Crippen molar-refractivity contribution in [2.75, 3.05) is 19.8 Å². The molecule has 6 heteroatoms. The minimum absolute atomic E-state index is 0.213. The van der Waals surface area contributed by atoms with E-state index < -0.39 is 12.5 Å². The van der Waals surface area contributed by atoms with Gasteiger partial charge in [0.05, 0.1) is 0 Å². The van der Waals surface area contributed by atoms with E-state index >= 15 is 0 Å². The predicted octanol–water partition coefficient (Wildman–Crippen LogP) is 0.992. The summed E-state index contributed by atoms with van der Waals surface area (Å²) in [6, 6.07) is 0. The minimum atomic E-state index is -0.907. The second kappa shape index (κ2) is 10.2. The summed E-state index contributed by atoms with van der Waals surface area (Å²) in [4.78, 5) is 31.2. The van der Waals surface area contributed by atoms with Crippen molar-refractivity contribution in [3.8, 4) is 0 Å². The lowest BCUT2D eigenvalue weighted by Gasteiger charge is -2.04. The summed E-state index contributed by atoms with van der Waals surface area (Å²) in [5, 5.41) is 4.78. The SMILES string of the molecule is CCCCCCNC(=O)COCC(=O)N=O. The van der Waals surface area contributed by atoms with E-state index in [1.807, 2.05) is 0 Å². The molecule has 0 spiro atoms. The molecule has 0 saturated heterocycles. The van der Waals surface area contributed by atoms with E-state index in [0.29, 0.717) is 6.54 Å².